The number of hydrogen-bond donors (Lipinski definition) is 2. The molecule has 2 atom stereocenters. The SMILES string of the molecule is CC(=O)NNC1CC(C)n2c(=O)ccc(=O)n21. The van der Waals surface area contributed by atoms with E-state index in [1.165, 1.54) is 28.4 Å². The van der Waals surface area contributed by atoms with Gasteiger partial charge in [-0.3, -0.25) is 19.8 Å². The van der Waals surface area contributed by atoms with E-state index in [9.17, 15) is 14.4 Å². The standard InChI is InChI=1S/C10H14N4O3/c1-6-5-8(12-11-7(2)15)14-10(17)4-3-9(16)13(6)14/h3-4,6,8,12H,5H2,1-2H3,(H,11,15). The van der Waals surface area contributed by atoms with Crippen molar-refractivity contribution in [3.8, 4) is 0 Å². The van der Waals surface area contributed by atoms with Crippen molar-refractivity contribution in [2.24, 2.45) is 0 Å². The molecule has 0 saturated heterocycles. The van der Waals surface area contributed by atoms with E-state index < -0.39 is 6.17 Å². The van der Waals surface area contributed by atoms with Crippen molar-refractivity contribution < 1.29 is 4.79 Å². The molecule has 92 valence electrons. The Balaban J connectivity index is 2.40. The van der Waals surface area contributed by atoms with Gasteiger partial charge in [0.2, 0.25) is 5.91 Å². The molecule has 2 unspecified atom stereocenters. The molecule has 17 heavy (non-hydrogen) atoms. The Hall–Kier alpha value is -1.89. The summed E-state index contributed by atoms with van der Waals surface area (Å²) in [5, 5.41) is 0. The summed E-state index contributed by atoms with van der Waals surface area (Å²) >= 11 is 0. The molecule has 0 fully saturated rings. The number of nitrogens with zero attached hydrogens (tertiary/aromatic N) is 2. The highest BCUT2D eigenvalue weighted by Gasteiger charge is 2.29. The maximum absolute atomic E-state index is 11.7. The van der Waals surface area contributed by atoms with Crippen molar-refractivity contribution in [1.82, 2.24) is 20.2 Å². The lowest BCUT2D eigenvalue weighted by Crippen LogP contribution is -2.45. The monoisotopic (exact) mass is 238 g/mol. The van der Waals surface area contributed by atoms with Crippen molar-refractivity contribution in [2.75, 3.05) is 0 Å². The van der Waals surface area contributed by atoms with Crippen molar-refractivity contribution >= 4 is 5.91 Å². The van der Waals surface area contributed by atoms with Gasteiger partial charge in [-0.05, 0) is 6.92 Å². The van der Waals surface area contributed by atoms with Gasteiger partial charge in [-0.25, -0.2) is 14.8 Å². The second kappa shape index (κ2) is 4.17. The molecule has 2 N–H and O–H groups in total. The van der Waals surface area contributed by atoms with Gasteiger partial charge in [0, 0.05) is 25.5 Å². The van der Waals surface area contributed by atoms with E-state index in [1.807, 2.05) is 6.92 Å². The maximum atomic E-state index is 11.7. The molecule has 1 amide bonds. The molecule has 0 aromatic carbocycles. The van der Waals surface area contributed by atoms with Crippen LogP contribution < -0.4 is 22.0 Å². The number of hydrogen-bond acceptors (Lipinski definition) is 4. The minimum Gasteiger partial charge on any atom is -0.290 e. The van der Waals surface area contributed by atoms with Gasteiger partial charge in [-0.1, -0.05) is 0 Å². The predicted molar refractivity (Wildman–Crippen MR) is 60.3 cm³/mol. The summed E-state index contributed by atoms with van der Waals surface area (Å²) in [5.74, 6) is -0.248. The third kappa shape index (κ3) is 2.01. The number of fused-ring (bicyclic) bond motifs is 1. The smallest absolute Gasteiger partial charge is 0.266 e. The van der Waals surface area contributed by atoms with E-state index in [0.29, 0.717) is 6.42 Å². The minimum absolute atomic E-state index is 0.0809. The Morgan fingerprint density at radius 3 is 2.47 bits per heavy atom. The van der Waals surface area contributed by atoms with Crippen LogP contribution in [0.3, 0.4) is 0 Å². The lowest BCUT2D eigenvalue weighted by atomic mass is 10.2. The molecule has 1 aromatic heterocycles. The molecule has 0 bridgehead atoms. The summed E-state index contributed by atoms with van der Waals surface area (Å²) in [6.07, 6.45) is 0.176. The molecule has 0 spiro atoms. The van der Waals surface area contributed by atoms with Gasteiger partial charge in [0.1, 0.15) is 6.17 Å². The van der Waals surface area contributed by atoms with Crippen LogP contribution in [0.5, 0.6) is 0 Å². The fourth-order valence-corrected chi connectivity index (χ4v) is 2.07. The quantitative estimate of drug-likeness (QED) is 0.655. The number of aromatic nitrogens is 2. The highest BCUT2D eigenvalue weighted by Crippen LogP contribution is 2.23. The molecule has 7 heteroatoms. The Morgan fingerprint density at radius 1 is 1.29 bits per heavy atom. The van der Waals surface area contributed by atoms with E-state index in [-0.39, 0.29) is 23.1 Å². The Kier molecular flexibility index (Phi) is 2.84. The van der Waals surface area contributed by atoms with E-state index >= 15 is 0 Å². The number of nitrogens with one attached hydrogen (secondary N) is 2. The summed E-state index contributed by atoms with van der Waals surface area (Å²) in [7, 11) is 0. The number of carbonyl (C=O) groups is 1. The third-order valence-electron chi connectivity index (χ3n) is 2.74. The number of amides is 1. The van der Waals surface area contributed by atoms with E-state index in [0.717, 1.165) is 0 Å². The van der Waals surface area contributed by atoms with Crippen LogP contribution in [0.1, 0.15) is 32.5 Å². The Bertz CT molecular complexity index is 559. The van der Waals surface area contributed by atoms with Gasteiger partial charge in [0.25, 0.3) is 11.1 Å². The van der Waals surface area contributed by atoms with Gasteiger partial charge in [-0.2, -0.15) is 0 Å². The van der Waals surface area contributed by atoms with Gasteiger partial charge in [0.05, 0.1) is 6.04 Å². The topological polar surface area (TPSA) is 85.1 Å². The predicted octanol–water partition coefficient (Wildman–Crippen LogP) is -0.886. The minimum atomic E-state index is -0.393. The van der Waals surface area contributed by atoms with Crippen LogP contribution in [0.4, 0.5) is 0 Å². The number of hydrazine groups is 1. The highest BCUT2D eigenvalue weighted by molar-refractivity contribution is 5.72. The molecule has 7 nitrogen and oxygen atoms in total. The molecule has 1 aliphatic rings. The average molecular weight is 238 g/mol. The van der Waals surface area contributed by atoms with Crippen LogP contribution in [0.25, 0.3) is 0 Å². The first kappa shape index (κ1) is 11.6. The summed E-state index contributed by atoms with van der Waals surface area (Å²) in [4.78, 5) is 34.2. The largest absolute Gasteiger partial charge is 0.290 e. The molecular formula is C10H14N4O3. The molecule has 1 aromatic rings. The average Bonchev–Trinajstić information content (AvgIpc) is 2.59. The summed E-state index contributed by atoms with van der Waals surface area (Å²) < 4.78 is 2.74. The molecule has 0 radical (unpaired) electrons. The zero-order chi connectivity index (χ0) is 12.6. The molecular weight excluding hydrogens is 224 g/mol. The third-order valence-corrected chi connectivity index (χ3v) is 2.74. The van der Waals surface area contributed by atoms with E-state index in [4.69, 9.17) is 0 Å². The molecule has 0 saturated carbocycles. The van der Waals surface area contributed by atoms with Crippen molar-refractivity contribution in [2.45, 2.75) is 32.5 Å². The fourth-order valence-electron chi connectivity index (χ4n) is 2.07. The molecule has 0 aliphatic carbocycles. The zero-order valence-corrected chi connectivity index (χ0v) is 9.64. The Morgan fingerprint density at radius 2 is 1.88 bits per heavy atom. The number of rotatable bonds is 2. The van der Waals surface area contributed by atoms with Crippen molar-refractivity contribution in [3.63, 3.8) is 0 Å². The van der Waals surface area contributed by atoms with Crippen LogP contribution in [0.2, 0.25) is 0 Å². The van der Waals surface area contributed by atoms with Crippen LogP contribution in [-0.2, 0) is 4.79 Å². The first-order chi connectivity index (χ1) is 8.00. The molecule has 2 rings (SSSR count). The van der Waals surface area contributed by atoms with Crippen molar-refractivity contribution in [1.29, 1.82) is 0 Å². The molecule has 1 aliphatic heterocycles. The van der Waals surface area contributed by atoms with E-state index in [2.05, 4.69) is 10.9 Å². The summed E-state index contributed by atoms with van der Waals surface area (Å²) in [5.41, 5.74) is 4.69. The van der Waals surface area contributed by atoms with Gasteiger partial charge < -0.3 is 0 Å². The van der Waals surface area contributed by atoms with Crippen LogP contribution >= 0.6 is 0 Å². The van der Waals surface area contributed by atoms with Crippen molar-refractivity contribution in [3.05, 3.63) is 32.8 Å². The summed E-state index contributed by atoms with van der Waals surface area (Å²) in [6.45, 7) is 3.22. The maximum Gasteiger partial charge on any atom is 0.266 e. The first-order valence-electron chi connectivity index (χ1n) is 5.37. The second-order valence-corrected chi connectivity index (χ2v) is 4.12. The number of carbonyl (C=O) groups excluding carboxylic acids is 1. The summed E-state index contributed by atoms with van der Waals surface area (Å²) in [6, 6.07) is 2.41. The van der Waals surface area contributed by atoms with Crippen LogP contribution in [0, 0.1) is 0 Å². The Labute approximate surface area is 97.0 Å². The lowest BCUT2D eigenvalue weighted by Gasteiger charge is -2.15. The van der Waals surface area contributed by atoms with E-state index in [1.54, 1.807) is 0 Å². The second-order valence-electron chi connectivity index (χ2n) is 4.12. The van der Waals surface area contributed by atoms with Gasteiger partial charge in [0.15, 0.2) is 0 Å². The normalized spacial score (nSPS) is 22.2. The molecule has 2 heterocycles. The zero-order valence-electron chi connectivity index (χ0n) is 9.64. The first-order valence-corrected chi connectivity index (χ1v) is 5.37. The van der Waals surface area contributed by atoms with Gasteiger partial charge in [-0.15, -0.1) is 0 Å². The highest BCUT2D eigenvalue weighted by atomic mass is 16.2. The van der Waals surface area contributed by atoms with Crippen LogP contribution in [-0.4, -0.2) is 15.3 Å². The fraction of sp³-hybridized carbons (Fsp3) is 0.500. The van der Waals surface area contributed by atoms with Crippen LogP contribution in [0.15, 0.2) is 21.7 Å². The lowest BCUT2D eigenvalue weighted by molar-refractivity contribution is -0.120. The van der Waals surface area contributed by atoms with Gasteiger partial charge >= 0.3 is 0 Å².